The first kappa shape index (κ1) is 8.61. The first-order valence-corrected chi connectivity index (χ1v) is 5.49. The Kier molecular flexibility index (Phi) is 2.44. The predicted octanol–water partition coefficient (Wildman–Crippen LogP) is 2.84. The molecule has 0 saturated heterocycles. The molecule has 0 N–H and O–H groups in total. The maximum absolute atomic E-state index is 4.31. The van der Waals surface area contributed by atoms with Gasteiger partial charge in [-0.2, -0.15) is 0 Å². The van der Waals surface area contributed by atoms with Gasteiger partial charge < -0.3 is 0 Å². The standard InChI is InChI=1S/C8H4I2N2/c9-6-2-1-5-4-11-8(10)12-7(5)3-6/h1-4H. The summed E-state index contributed by atoms with van der Waals surface area (Å²) in [6.45, 7) is 0. The molecule has 1 heterocycles. The molecule has 0 amide bonds. The summed E-state index contributed by atoms with van der Waals surface area (Å²) < 4.78 is 2.00. The Morgan fingerprint density at radius 3 is 2.83 bits per heavy atom. The van der Waals surface area contributed by atoms with Crippen LogP contribution < -0.4 is 0 Å². The van der Waals surface area contributed by atoms with E-state index in [0.717, 1.165) is 14.7 Å². The van der Waals surface area contributed by atoms with Gasteiger partial charge in [0, 0.05) is 37.7 Å². The molecule has 0 saturated carbocycles. The van der Waals surface area contributed by atoms with Gasteiger partial charge in [-0.25, -0.2) is 9.97 Å². The van der Waals surface area contributed by atoms with E-state index in [4.69, 9.17) is 0 Å². The normalized spacial score (nSPS) is 10.5. The molecular weight excluding hydrogens is 378 g/mol. The molecule has 12 heavy (non-hydrogen) atoms. The summed E-state index contributed by atoms with van der Waals surface area (Å²) in [5, 5.41) is 1.09. The lowest BCUT2D eigenvalue weighted by molar-refractivity contribution is 1.15. The molecule has 0 aliphatic heterocycles. The van der Waals surface area contributed by atoms with Gasteiger partial charge in [0.2, 0.25) is 0 Å². The van der Waals surface area contributed by atoms with Crippen molar-refractivity contribution in [2.75, 3.05) is 0 Å². The molecule has 2 aromatic rings. The van der Waals surface area contributed by atoms with Gasteiger partial charge in [-0.3, -0.25) is 0 Å². The number of aromatic nitrogens is 2. The highest BCUT2D eigenvalue weighted by molar-refractivity contribution is 14.1. The van der Waals surface area contributed by atoms with E-state index in [1.807, 2.05) is 12.3 Å². The van der Waals surface area contributed by atoms with Gasteiger partial charge >= 0.3 is 0 Å². The van der Waals surface area contributed by atoms with E-state index < -0.39 is 0 Å². The highest BCUT2D eigenvalue weighted by atomic mass is 127. The van der Waals surface area contributed by atoms with Crippen LogP contribution in [0.5, 0.6) is 0 Å². The SMILES string of the molecule is Ic1ccc2cnc(I)nc2c1. The Morgan fingerprint density at radius 1 is 1.17 bits per heavy atom. The van der Waals surface area contributed by atoms with Crippen LogP contribution in [-0.4, -0.2) is 9.97 Å². The molecule has 0 unspecified atom stereocenters. The number of nitrogens with zero attached hydrogens (tertiary/aromatic N) is 2. The molecule has 1 aromatic carbocycles. The van der Waals surface area contributed by atoms with Crippen molar-refractivity contribution in [3.63, 3.8) is 0 Å². The fourth-order valence-corrected chi connectivity index (χ4v) is 1.85. The molecule has 0 fully saturated rings. The molecular formula is C8H4I2N2. The van der Waals surface area contributed by atoms with Crippen LogP contribution in [0.4, 0.5) is 0 Å². The van der Waals surface area contributed by atoms with Crippen molar-refractivity contribution >= 4 is 56.1 Å². The van der Waals surface area contributed by atoms with Crippen molar-refractivity contribution in [3.05, 3.63) is 31.8 Å². The summed E-state index contributed by atoms with van der Waals surface area (Å²) in [4.78, 5) is 8.42. The van der Waals surface area contributed by atoms with Crippen LogP contribution in [0, 0.1) is 7.40 Å². The number of benzene rings is 1. The van der Waals surface area contributed by atoms with Crippen molar-refractivity contribution in [1.82, 2.24) is 9.97 Å². The lowest BCUT2D eigenvalue weighted by Gasteiger charge is -1.96. The van der Waals surface area contributed by atoms with Crippen molar-refractivity contribution < 1.29 is 0 Å². The summed E-state index contributed by atoms with van der Waals surface area (Å²) in [6, 6.07) is 6.14. The van der Waals surface area contributed by atoms with Crippen molar-refractivity contribution in [1.29, 1.82) is 0 Å². The second-order valence-corrected chi connectivity index (χ2v) is 4.55. The molecule has 4 heteroatoms. The summed E-state index contributed by atoms with van der Waals surface area (Å²) in [5.41, 5.74) is 1.02. The summed E-state index contributed by atoms with van der Waals surface area (Å²) >= 11 is 4.39. The van der Waals surface area contributed by atoms with Gasteiger partial charge in [0.05, 0.1) is 5.52 Å². The fourth-order valence-electron chi connectivity index (χ4n) is 0.974. The summed E-state index contributed by atoms with van der Waals surface area (Å²) in [5.74, 6) is 0. The van der Waals surface area contributed by atoms with E-state index in [1.54, 1.807) is 0 Å². The van der Waals surface area contributed by atoms with Crippen LogP contribution in [0.2, 0.25) is 0 Å². The predicted molar refractivity (Wildman–Crippen MR) is 65.0 cm³/mol. The van der Waals surface area contributed by atoms with E-state index in [-0.39, 0.29) is 0 Å². The van der Waals surface area contributed by atoms with E-state index in [1.165, 1.54) is 3.57 Å². The first-order valence-electron chi connectivity index (χ1n) is 3.33. The molecule has 0 bridgehead atoms. The van der Waals surface area contributed by atoms with Crippen LogP contribution in [-0.2, 0) is 0 Å². The first-order chi connectivity index (χ1) is 5.75. The Balaban J connectivity index is 2.80. The second kappa shape index (κ2) is 3.41. The lowest BCUT2D eigenvalue weighted by Crippen LogP contribution is -1.87. The Hall–Kier alpha value is 0.0200. The maximum Gasteiger partial charge on any atom is 0.191 e. The molecule has 0 radical (unpaired) electrons. The molecule has 2 nitrogen and oxygen atoms in total. The van der Waals surface area contributed by atoms with Crippen LogP contribution in [0.15, 0.2) is 24.4 Å². The minimum absolute atomic E-state index is 0.794. The quantitative estimate of drug-likeness (QED) is 0.518. The zero-order valence-corrected chi connectivity index (χ0v) is 10.3. The van der Waals surface area contributed by atoms with Gasteiger partial charge in [0.1, 0.15) is 0 Å². The van der Waals surface area contributed by atoms with Gasteiger partial charge in [0.25, 0.3) is 0 Å². The highest BCUT2D eigenvalue weighted by Crippen LogP contribution is 2.14. The van der Waals surface area contributed by atoms with Crippen LogP contribution in [0.25, 0.3) is 10.9 Å². The minimum atomic E-state index is 0.794. The molecule has 2 rings (SSSR count). The van der Waals surface area contributed by atoms with E-state index >= 15 is 0 Å². The zero-order chi connectivity index (χ0) is 8.55. The molecule has 0 atom stereocenters. The van der Waals surface area contributed by atoms with E-state index in [0.29, 0.717) is 0 Å². The average Bonchev–Trinajstić information content (AvgIpc) is 2.03. The third-order valence-electron chi connectivity index (χ3n) is 1.52. The van der Waals surface area contributed by atoms with Gasteiger partial charge in [-0.05, 0) is 34.7 Å². The fraction of sp³-hybridized carbons (Fsp3) is 0. The smallest absolute Gasteiger partial charge is 0.191 e. The third kappa shape index (κ3) is 1.68. The summed E-state index contributed by atoms with van der Waals surface area (Å²) in [6.07, 6.45) is 1.85. The topological polar surface area (TPSA) is 25.8 Å². The van der Waals surface area contributed by atoms with Gasteiger partial charge in [0.15, 0.2) is 3.83 Å². The molecule has 60 valence electrons. The molecule has 0 spiro atoms. The van der Waals surface area contributed by atoms with E-state index in [2.05, 4.69) is 67.3 Å². The van der Waals surface area contributed by atoms with Gasteiger partial charge in [-0.1, -0.05) is 6.07 Å². The lowest BCUT2D eigenvalue weighted by atomic mass is 10.2. The number of hydrogen-bond donors (Lipinski definition) is 0. The van der Waals surface area contributed by atoms with Gasteiger partial charge in [-0.15, -0.1) is 0 Å². The van der Waals surface area contributed by atoms with Crippen LogP contribution >= 0.6 is 45.2 Å². The van der Waals surface area contributed by atoms with Crippen molar-refractivity contribution in [2.24, 2.45) is 0 Å². The summed E-state index contributed by atoms with van der Waals surface area (Å²) in [7, 11) is 0. The van der Waals surface area contributed by atoms with Crippen LogP contribution in [0.1, 0.15) is 0 Å². The molecule has 0 aliphatic rings. The minimum Gasteiger partial charge on any atom is -0.231 e. The van der Waals surface area contributed by atoms with E-state index in [9.17, 15) is 0 Å². The zero-order valence-electron chi connectivity index (χ0n) is 5.96. The number of rotatable bonds is 0. The van der Waals surface area contributed by atoms with Crippen LogP contribution in [0.3, 0.4) is 0 Å². The number of hydrogen-bond acceptors (Lipinski definition) is 2. The second-order valence-electron chi connectivity index (χ2n) is 2.34. The average molecular weight is 382 g/mol. The Labute approximate surface area is 97.1 Å². The maximum atomic E-state index is 4.31. The third-order valence-corrected chi connectivity index (χ3v) is 2.71. The Morgan fingerprint density at radius 2 is 2.00 bits per heavy atom. The molecule has 1 aromatic heterocycles. The van der Waals surface area contributed by atoms with Crippen molar-refractivity contribution in [3.8, 4) is 0 Å². The highest BCUT2D eigenvalue weighted by Gasteiger charge is 1.96. The van der Waals surface area contributed by atoms with Crippen molar-refractivity contribution in [2.45, 2.75) is 0 Å². The monoisotopic (exact) mass is 382 g/mol. The Bertz CT molecular complexity index is 392. The molecule has 0 aliphatic carbocycles. The largest absolute Gasteiger partial charge is 0.231 e. The number of fused-ring (bicyclic) bond motifs is 1. The number of halogens is 2.